The molecule has 1 amide bonds. The van der Waals surface area contributed by atoms with Gasteiger partial charge in [-0.25, -0.2) is 8.42 Å². The van der Waals surface area contributed by atoms with E-state index in [1.54, 1.807) is 12.1 Å². The highest BCUT2D eigenvalue weighted by Gasteiger charge is 2.28. The smallest absolute Gasteiger partial charge is 0.243 e. The van der Waals surface area contributed by atoms with Gasteiger partial charge >= 0.3 is 0 Å². The minimum absolute atomic E-state index is 0.0871. The highest BCUT2D eigenvalue weighted by molar-refractivity contribution is 7.89. The zero-order chi connectivity index (χ0) is 21.8. The number of amides is 1. The molecule has 31 heavy (non-hydrogen) atoms. The Balaban J connectivity index is 1.54. The van der Waals surface area contributed by atoms with Gasteiger partial charge in [0.2, 0.25) is 15.9 Å². The monoisotopic (exact) mass is 450 g/mol. The molecule has 0 saturated carbocycles. The van der Waals surface area contributed by atoms with Crippen LogP contribution in [0.4, 0.5) is 11.4 Å². The van der Waals surface area contributed by atoms with Crippen LogP contribution in [0.1, 0.15) is 32.6 Å². The molecule has 1 aromatic carbocycles. The quantitative estimate of drug-likeness (QED) is 0.714. The first-order valence-electron chi connectivity index (χ1n) is 11.4. The second-order valence-electron chi connectivity index (χ2n) is 8.90. The molecule has 0 bridgehead atoms. The number of hydrogen-bond acceptors (Lipinski definition) is 6. The van der Waals surface area contributed by atoms with Crippen molar-refractivity contribution in [2.45, 2.75) is 37.5 Å². The third-order valence-electron chi connectivity index (χ3n) is 6.54. The lowest BCUT2D eigenvalue weighted by Gasteiger charge is -2.30. The lowest BCUT2D eigenvalue weighted by Crippen LogP contribution is -2.40. The molecule has 0 aliphatic carbocycles. The highest BCUT2D eigenvalue weighted by atomic mass is 32.2. The van der Waals surface area contributed by atoms with Crippen LogP contribution in [-0.2, 0) is 19.6 Å². The van der Waals surface area contributed by atoms with Gasteiger partial charge in [0.05, 0.1) is 36.0 Å². The second kappa shape index (κ2) is 9.85. The van der Waals surface area contributed by atoms with Crippen molar-refractivity contribution < 1.29 is 17.9 Å². The number of benzene rings is 1. The first-order valence-corrected chi connectivity index (χ1v) is 12.9. The average molecular weight is 451 g/mol. The zero-order valence-corrected chi connectivity index (χ0v) is 19.2. The first kappa shape index (κ1) is 22.5. The van der Waals surface area contributed by atoms with Crippen LogP contribution in [0.15, 0.2) is 23.1 Å². The van der Waals surface area contributed by atoms with Gasteiger partial charge in [-0.2, -0.15) is 4.31 Å². The highest BCUT2D eigenvalue weighted by Crippen LogP contribution is 2.32. The molecule has 0 spiro atoms. The number of piperidine rings is 1. The molecule has 9 heteroatoms. The Bertz CT molecular complexity index is 871. The van der Waals surface area contributed by atoms with E-state index in [-0.39, 0.29) is 10.8 Å². The maximum absolute atomic E-state index is 13.1. The molecule has 3 saturated heterocycles. The van der Waals surface area contributed by atoms with E-state index in [1.165, 1.54) is 4.31 Å². The molecule has 172 valence electrons. The van der Waals surface area contributed by atoms with Crippen molar-refractivity contribution in [3.05, 3.63) is 18.2 Å². The Morgan fingerprint density at radius 3 is 2.42 bits per heavy atom. The van der Waals surface area contributed by atoms with Gasteiger partial charge in [0, 0.05) is 26.2 Å². The van der Waals surface area contributed by atoms with E-state index in [9.17, 15) is 13.2 Å². The van der Waals surface area contributed by atoms with E-state index < -0.39 is 10.0 Å². The maximum Gasteiger partial charge on any atom is 0.243 e. The van der Waals surface area contributed by atoms with Gasteiger partial charge in [-0.3, -0.25) is 9.69 Å². The number of hydrogen-bond donors (Lipinski definition) is 1. The van der Waals surface area contributed by atoms with E-state index >= 15 is 0 Å². The van der Waals surface area contributed by atoms with Crippen molar-refractivity contribution in [2.24, 2.45) is 5.92 Å². The summed E-state index contributed by atoms with van der Waals surface area (Å²) in [6, 6.07) is 5.14. The number of ether oxygens (including phenoxy) is 1. The van der Waals surface area contributed by atoms with Gasteiger partial charge in [0.25, 0.3) is 0 Å². The van der Waals surface area contributed by atoms with Crippen LogP contribution in [0.5, 0.6) is 0 Å². The summed E-state index contributed by atoms with van der Waals surface area (Å²) in [5.74, 6) is 0.624. The predicted octanol–water partition coefficient (Wildman–Crippen LogP) is 1.98. The van der Waals surface area contributed by atoms with Crippen LogP contribution >= 0.6 is 0 Å². The summed E-state index contributed by atoms with van der Waals surface area (Å²) in [5.41, 5.74) is 1.49. The van der Waals surface area contributed by atoms with Crippen LogP contribution in [0.3, 0.4) is 0 Å². The molecule has 4 rings (SSSR count). The predicted molar refractivity (Wildman–Crippen MR) is 121 cm³/mol. The van der Waals surface area contributed by atoms with Gasteiger partial charge in [-0.15, -0.1) is 0 Å². The largest absolute Gasteiger partial charge is 0.379 e. The minimum Gasteiger partial charge on any atom is -0.379 e. The second-order valence-corrected chi connectivity index (χ2v) is 10.8. The Morgan fingerprint density at radius 1 is 1.06 bits per heavy atom. The van der Waals surface area contributed by atoms with Crippen LogP contribution in [-0.4, -0.2) is 82.6 Å². The van der Waals surface area contributed by atoms with Crippen molar-refractivity contribution >= 4 is 27.3 Å². The topological polar surface area (TPSA) is 82.2 Å². The molecule has 0 unspecified atom stereocenters. The number of sulfonamides is 1. The van der Waals surface area contributed by atoms with Gasteiger partial charge in [-0.1, -0.05) is 6.92 Å². The van der Waals surface area contributed by atoms with E-state index in [4.69, 9.17) is 4.74 Å². The number of rotatable bonds is 6. The summed E-state index contributed by atoms with van der Waals surface area (Å²) in [4.78, 5) is 17.5. The van der Waals surface area contributed by atoms with Crippen LogP contribution < -0.4 is 10.2 Å². The third-order valence-corrected chi connectivity index (χ3v) is 8.43. The Hall–Kier alpha value is -1.68. The molecule has 3 heterocycles. The van der Waals surface area contributed by atoms with Crippen LogP contribution in [0.2, 0.25) is 0 Å². The molecule has 8 nitrogen and oxygen atoms in total. The fourth-order valence-corrected chi connectivity index (χ4v) is 5.99. The van der Waals surface area contributed by atoms with Crippen molar-refractivity contribution in [1.29, 1.82) is 0 Å². The molecule has 3 aliphatic heterocycles. The maximum atomic E-state index is 13.1. The summed E-state index contributed by atoms with van der Waals surface area (Å²) in [6.07, 6.45) is 4.43. The van der Waals surface area contributed by atoms with E-state index in [2.05, 4.69) is 22.0 Å². The molecule has 3 aliphatic rings. The standard InChI is InChI=1S/C22H34N4O4S/c1-18-6-10-24(11-7-18)17-22(27)23-20-16-19(4-5-21(20)25-8-2-3-9-25)31(28,29)26-12-14-30-15-13-26/h4-5,16,18H,2-3,6-15,17H2,1H3,(H,23,27). The van der Waals surface area contributed by atoms with E-state index in [0.717, 1.165) is 57.5 Å². The summed E-state index contributed by atoms with van der Waals surface area (Å²) in [7, 11) is -3.62. The average Bonchev–Trinajstić information content (AvgIpc) is 3.30. The van der Waals surface area contributed by atoms with Gasteiger partial charge < -0.3 is 15.0 Å². The van der Waals surface area contributed by atoms with Crippen LogP contribution in [0.25, 0.3) is 0 Å². The van der Waals surface area contributed by atoms with Gasteiger partial charge in [-0.05, 0) is 62.9 Å². The SMILES string of the molecule is CC1CCN(CC(=O)Nc2cc(S(=O)(=O)N3CCOCC3)ccc2N2CCCC2)CC1. The molecule has 0 radical (unpaired) electrons. The van der Waals surface area contributed by atoms with E-state index in [1.807, 2.05) is 6.07 Å². The Kier molecular flexibility index (Phi) is 7.15. The van der Waals surface area contributed by atoms with Crippen LogP contribution in [0, 0.1) is 5.92 Å². The van der Waals surface area contributed by atoms with E-state index in [0.29, 0.717) is 44.5 Å². The van der Waals surface area contributed by atoms with Crippen molar-refractivity contribution in [3.63, 3.8) is 0 Å². The lowest BCUT2D eigenvalue weighted by molar-refractivity contribution is -0.117. The third kappa shape index (κ3) is 5.39. The summed E-state index contributed by atoms with van der Waals surface area (Å²) in [6.45, 7) is 7.80. The number of morpholine rings is 1. The molecular formula is C22H34N4O4S. The fourth-order valence-electron chi connectivity index (χ4n) is 4.56. The Labute approximate surface area is 185 Å². The molecule has 0 aromatic heterocycles. The molecule has 1 N–H and O–H groups in total. The summed E-state index contributed by atoms with van der Waals surface area (Å²) >= 11 is 0. The molecule has 1 aromatic rings. The van der Waals surface area contributed by atoms with Gasteiger partial charge in [0.15, 0.2) is 0 Å². The van der Waals surface area contributed by atoms with Crippen molar-refractivity contribution in [3.8, 4) is 0 Å². The molecule has 3 fully saturated rings. The number of anilines is 2. The number of nitrogens with one attached hydrogen (secondary N) is 1. The number of likely N-dealkylation sites (tertiary alicyclic amines) is 1. The normalized spacial score (nSPS) is 22.0. The minimum atomic E-state index is -3.62. The first-order chi connectivity index (χ1) is 14.9. The zero-order valence-electron chi connectivity index (χ0n) is 18.4. The van der Waals surface area contributed by atoms with Crippen molar-refractivity contribution in [1.82, 2.24) is 9.21 Å². The fraction of sp³-hybridized carbons (Fsp3) is 0.682. The summed E-state index contributed by atoms with van der Waals surface area (Å²) < 4.78 is 33.0. The number of carbonyl (C=O) groups excluding carboxylic acids is 1. The van der Waals surface area contributed by atoms with Gasteiger partial charge in [0.1, 0.15) is 0 Å². The lowest BCUT2D eigenvalue weighted by atomic mass is 9.99. The molecule has 0 atom stereocenters. The number of nitrogens with zero attached hydrogens (tertiary/aromatic N) is 3. The molecular weight excluding hydrogens is 416 g/mol. The summed E-state index contributed by atoms with van der Waals surface area (Å²) in [5, 5.41) is 3.03. The Morgan fingerprint density at radius 2 is 1.74 bits per heavy atom. The van der Waals surface area contributed by atoms with Crippen molar-refractivity contribution in [2.75, 3.05) is 69.2 Å². The number of carbonyl (C=O) groups is 1.